The van der Waals surface area contributed by atoms with E-state index in [0.29, 0.717) is 11.5 Å². The number of hydrogen-bond acceptors (Lipinski definition) is 4. The van der Waals surface area contributed by atoms with Crippen molar-refractivity contribution in [2.75, 3.05) is 12.0 Å². The summed E-state index contributed by atoms with van der Waals surface area (Å²) < 4.78 is 40.9. The Labute approximate surface area is 110 Å². The molecule has 0 bridgehead atoms. The zero-order chi connectivity index (χ0) is 14.0. The van der Waals surface area contributed by atoms with Crippen molar-refractivity contribution in [1.29, 1.82) is 0 Å². The van der Waals surface area contributed by atoms with Crippen molar-refractivity contribution in [3.63, 3.8) is 0 Å². The second-order valence-electron chi connectivity index (χ2n) is 4.03. The van der Waals surface area contributed by atoms with Gasteiger partial charge in [0.2, 0.25) is 0 Å². The van der Waals surface area contributed by atoms with E-state index >= 15 is 0 Å². The van der Waals surface area contributed by atoms with E-state index in [1.54, 1.807) is 0 Å². The van der Waals surface area contributed by atoms with Gasteiger partial charge in [0.1, 0.15) is 17.3 Å². The number of rotatable bonds is 3. The van der Waals surface area contributed by atoms with Gasteiger partial charge in [0.25, 0.3) is 0 Å². The molecule has 0 aliphatic heterocycles. The molecule has 0 aromatic heterocycles. The largest absolute Gasteiger partial charge is 0.455 e. The molecule has 2 aromatic carbocycles. The highest BCUT2D eigenvalue weighted by molar-refractivity contribution is 7.90. The molecule has 4 nitrogen and oxygen atoms in total. The Morgan fingerprint density at radius 2 is 1.74 bits per heavy atom. The van der Waals surface area contributed by atoms with Crippen LogP contribution in [0.2, 0.25) is 0 Å². The molecule has 6 heteroatoms. The van der Waals surface area contributed by atoms with Gasteiger partial charge in [-0.05, 0) is 42.5 Å². The molecule has 19 heavy (non-hydrogen) atoms. The number of hydrogen-bond donors (Lipinski definition) is 1. The lowest BCUT2D eigenvalue weighted by molar-refractivity contribution is 0.482. The predicted molar refractivity (Wildman–Crippen MR) is 70.4 cm³/mol. The van der Waals surface area contributed by atoms with Crippen LogP contribution in [0.5, 0.6) is 11.5 Å². The van der Waals surface area contributed by atoms with Crippen molar-refractivity contribution in [3.05, 3.63) is 48.3 Å². The van der Waals surface area contributed by atoms with Crippen LogP contribution >= 0.6 is 0 Å². The highest BCUT2D eigenvalue weighted by atomic mass is 32.2. The number of benzene rings is 2. The lowest BCUT2D eigenvalue weighted by atomic mass is 10.3. The molecule has 0 aliphatic rings. The second kappa shape index (κ2) is 4.89. The summed E-state index contributed by atoms with van der Waals surface area (Å²) in [6.45, 7) is 0. The number of nitrogens with two attached hydrogens (primary N) is 1. The maximum Gasteiger partial charge on any atom is 0.175 e. The van der Waals surface area contributed by atoms with Crippen molar-refractivity contribution < 1.29 is 17.5 Å². The molecule has 0 radical (unpaired) electrons. The first-order valence-corrected chi connectivity index (χ1v) is 7.28. The summed E-state index contributed by atoms with van der Waals surface area (Å²) in [6, 6.07) is 9.64. The van der Waals surface area contributed by atoms with Crippen molar-refractivity contribution >= 4 is 15.5 Å². The third kappa shape index (κ3) is 3.23. The van der Waals surface area contributed by atoms with Crippen molar-refractivity contribution in [2.45, 2.75) is 4.90 Å². The molecule has 0 amide bonds. The average molecular weight is 281 g/mol. The van der Waals surface area contributed by atoms with Gasteiger partial charge in [-0.3, -0.25) is 0 Å². The van der Waals surface area contributed by atoms with Crippen molar-refractivity contribution in [2.24, 2.45) is 0 Å². The molecule has 0 saturated carbocycles. The van der Waals surface area contributed by atoms with Gasteiger partial charge >= 0.3 is 0 Å². The SMILES string of the molecule is CS(=O)(=O)c1ccc(Oc2ccc(F)cc2)c(N)c1. The van der Waals surface area contributed by atoms with Crippen molar-refractivity contribution in [1.82, 2.24) is 0 Å². The van der Waals surface area contributed by atoms with Gasteiger partial charge in [-0.2, -0.15) is 0 Å². The van der Waals surface area contributed by atoms with Crippen LogP contribution in [0.15, 0.2) is 47.4 Å². The summed E-state index contributed by atoms with van der Waals surface area (Å²) >= 11 is 0. The molecule has 2 N–H and O–H groups in total. The van der Waals surface area contributed by atoms with Gasteiger partial charge in [-0.15, -0.1) is 0 Å². The van der Waals surface area contributed by atoms with E-state index in [9.17, 15) is 12.8 Å². The number of nitrogen functional groups attached to an aromatic ring is 1. The van der Waals surface area contributed by atoms with Crippen LogP contribution in [0.3, 0.4) is 0 Å². The third-order valence-corrected chi connectivity index (χ3v) is 3.56. The molecule has 0 unspecified atom stereocenters. The summed E-state index contributed by atoms with van der Waals surface area (Å²) in [6.07, 6.45) is 1.10. The maximum absolute atomic E-state index is 12.7. The summed E-state index contributed by atoms with van der Waals surface area (Å²) in [5.74, 6) is 0.368. The Balaban J connectivity index is 2.29. The number of ether oxygens (including phenoxy) is 1. The first-order chi connectivity index (χ1) is 8.86. The maximum atomic E-state index is 12.7. The highest BCUT2D eigenvalue weighted by Crippen LogP contribution is 2.29. The zero-order valence-corrected chi connectivity index (χ0v) is 10.9. The smallest absolute Gasteiger partial charge is 0.175 e. The van der Waals surface area contributed by atoms with E-state index in [0.717, 1.165) is 6.26 Å². The van der Waals surface area contributed by atoms with Gasteiger partial charge in [0, 0.05) is 6.26 Å². The Morgan fingerprint density at radius 1 is 1.11 bits per heavy atom. The molecule has 0 atom stereocenters. The normalized spacial score (nSPS) is 11.3. The minimum atomic E-state index is -3.31. The average Bonchev–Trinajstić information content (AvgIpc) is 2.33. The molecule has 0 heterocycles. The fourth-order valence-corrected chi connectivity index (χ4v) is 2.14. The number of sulfone groups is 1. The lowest BCUT2D eigenvalue weighted by Gasteiger charge is -2.09. The predicted octanol–water partition coefficient (Wildman–Crippen LogP) is 2.60. The number of anilines is 1. The molecule has 0 aliphatic carbocycles. The fourth-order valence-electron chi connectivity index (χ4n) is 1.48. The van der Waals surface area contributed by atoms with Crippen LogP contribution in [-0.2, 0) is 9.84 Å². The second-order valence-corrected chi connectivity index (χ2v) is 6.04. The Hall–Kier alpha value is -2.08. The number of halogens is 1. The van der Waals surface area contributed by atoms with E-state index in [-0.39, 0.29) is 16.4 Å². The molecule has 0 fully saturated rings. The van der Waals surface area contributed by atoms with Gasteiger partial charge in [-0.1, -0.05) is 0 Å². The lowest BCUT2D eigenvalue weighted by Crippen LogP contribution is -1.99. The van der Waals surface area contributed by atoms with Crippen LogP contribution in [-0.4, -0.2) is 14.7 Å². The van der Waals surface area contributed by atoms with E-state index < -0.39 is 9.84 Å². The van der Waals surface area contributed by atoms with Crippen molar-refractivity contribution in [3.8, 4) is 11.5 Å². The van der Waals surface area contributed by atoms with E-state index in [1.807, 2.05) is 0 Å². The molecular weight excluding hydrogens is 269 g/mol. The fraction of sp³-hybridized carbons (Fsp3) is 0.0769. The van der Waals surface area contributed by atoms with Crippen LogP contribution in [0.25, 0.3) is 0 Å². The first kappa shape index (κ1) is 13.4. The summed E-state index contributed by atoms with van der Waals surface area (Å²) in [5.41, 5.74) is 5.93. The van der Waals surface area contributed by atoms with Crippen LogP contribution in [0.4, 0.5) is 10.1 Å². The summed E-state index contributed by atoms with van der Waals surface area (Å²) in [5, 5.41) is 0. The van der Waals surface area contributed by atoms with Gasteiger partial charge in [-0.25, -0.2) is 12.8 Å². The van der Waals surface area contributed by atoms with E-state index in [2.05, 4.69) is 0 Å². The monoisotopic (exact) mass is 281 g/mol. The van der Waals surface area contributed by atoms with Crippen LogP contribution in [0, 0.1) is 5.82 Å². The highest BCUT2D eigenvalue weighted by Gasteiger charge is 2.10. The standard InChI is InChI=1S/C13H12FNO3S/c1-19(16,17)11-6-7-13(12(15)8-11)18-10-4-2-9(14)3-5-10/h2-8H,15H2,1H3. The third-order valence-electron chi connectivity index (χ3n) is 2.45. The van der Waals surface area contributed by atoms with Crippen LogP contribution in [0.1, 0.15) is 0 Å². The van der Waals surface area contributed by atoms with Gasteiger partial charge in [0.05, 0.1) is 10.6 Å². The minimum absolute atomic E-state index is 0.122. The zero-order valence-electron chi connectivity index (χ0n) is 10.1. The Morgan fingerprint density at radius 3 is 2.26 bits per heavy atom. The Kier molecular flexibility index (Phi) is 3.44. The molecule has 2 rings (SSSR count). The molecule has 100 valence electrons. The molecular formula is C13H12FNO3S. The van der Waals surface area contributed by atoms with E-state index in [1.165, 1.54) is 42.5 Å². The summed E-state index contributed by atoms with van der Waals surface area (Å²) in [4.78, 5) is 0.122. The quantitative estimate of drug-likeness (QED) is 0.878. The molecule has 2 aromatic rings. The van der Waals surface area contributed by atoms with Gasteiger partial charge < -0.3 is 10.5 Å². The summed E-state index contributed by atoms with van der Waals surface area (Å²) in [7, 11) is -3.31. The topological polar surface area (TPSA) is 69.4 Å². The van der Waals surface area contributed by atoms with E-state index in [4.69, 9.17) is 10.5 Å². The van der Waals surface area contributed by atoms with Crippen LogP contribution < -0.4 is 10.5 Å². The minimum Gasteiger partial charge on any atom is -0.455 e. The molecule has 0 saturated heterocycles. The Bertz CT molecular complexity index is 696. The first-order valence-electron chi connectivity index (χ1n) is 5.39. The van der Waals surface area contributed by atoms with Gasteiger partial charge in [0.15, 0.2) is 9.84 Å². The molecule has 0 spiro atoms.